The lowest BCUT2D eigenvalue weighted by Crippen LogP contribution is -1.98. The Morgan fingerprint density at radius 2 is 1.92 bits per heavy atom. The number of rotatable bonds is 1. The van der Waals surface area contributed by atoms with Gasteiger partial charge >= 0.3 is 0 Å². The highest BCUT2D eigenvalue weighted by atomic mass is 14.7. The highest BCUT2D eigenvalue weighted by Gasteiger charge is 2.01. The normalized spacial score (nSPS) is 11.8. The highest BCUT2D eigenvalue weighted by Crippen LogP contribution is 2.13. The van der Waals surface area contributed by atoms with E-state index in [0.29, 0.717) is 0 Å². The lowest BCUT2D eigenvalue weighted by molar-refractivity contribution is 1.30. The minimum absolute atomic E-state index is 1.11. The van der Waals surface area contributed by atoms with Crippen LogP contribution in [0.5, 0.6) is 0 Å². The lowest BCUT2D eigenvalue weighted by Gasteiger charge is -2.06. The van der Waals surface area contributed by atoms with Crippen LogP contribution in [0, 0.1) is 13.8 Å². The molecular weight excluding hydrogens is 146 g/mol. The quantitative estimate of drug-likeness (QED) is 0.561. The molecule has 64 valence electrons. The van der Waals surface area contributed by atoms with E-state index in [9.17, 15) is 0 Å². The van der Waals surface area contributed by atoms with Crippen LogP contribution in [0.15, 0.2) is 23.2 Å². The molecule has 0 aliphatic rings. The van der Waals surface area contributed by atoms with Gasteiger partial charge in [-0.3, -0.25) is 4.99 Å². The Morgan fingerprint density at radius 1 is 1.25 bits per heavy atom. The molecule has 0 aliphatic heterocycles. The van der Waals surface area contributed by atoms with Crippen molar-refractivity contribution in [3.05, 3.63) is 34.9 Å². The molecule has 0 spiro atoms. The molecule has 1 heteroatoms. The molecule has 12 heavy (non-hydrogen) atoms. The number of aryl methyl sites for hydroxylation is 1. The van der Waals surface area contributed by atoms with Gasteiger partial charge in [0.25, 0.3) is 0 Å². The lowest BCUT2D eigenvalue weighted by atomic mass is 10.0. The molecule has 0 amide bonds. The second kappa shape index (κ2) is 3.53. The van der Waals surface area contributed by atoms with E-state index in [2.05, 4.69) is 37.0 Å². The molecule has 0 saturated carbocycles. The Hall–Kier alpha value is -1.11. The SMILES string of the molecule is CN=C(C)c1cccc(C)c1C. The Balaban J connectivity index is 3.26. The van der Waals surface area contributed by atoms with Gasteiger partial charge in [0, 0.05) is 12.8 Å². The number of benzene rings is 1. The van der Waals surface area contributed by atoms with Crippen LogP contribution in [0.25, 0.3) is 0 Å². The first-order valence-electron chi connectivity index (χ1n) is 4.16. The summed E-state index contributed by atoms with van der Waals surface area (Å²) in [6.45, 7) is 6.31. The molecule has 0 N–H and O–H groups in total. The average Bonchev–Trinajstić information content (AvgIpc) is 2.08. The molecule has 0 heterocycles. The second-order valence-electron chi connectivity index (χ2n) is 3.06. The minimum Gasteiger partial charge on any atom is -0.293 e. The van der Waals surface area contributed by atoms with Gasteiger partial charge in [-0.1, -0.05) is 18.2 Å². The maximum atomic E-state index is 4.18. The van der Waals surface area contributed by atoms with E-state index in [1.165, 1.54) is 16.7 Å². The first kappa shape index (κ1) is 8.98. The first-order valence-corrected chi connectivity index (χ1v) is 4.16. The Labute approximate surface area is 74.2 Å². The van der Waals surface area contributed by atoms with Crippen molar-refractivity contribution in [3.8, 4) is 0 Å². The zero-order valence-electron chi connectivity index (χ0n) is 8.18. The smallest absolute Gasteiger partial charge is 0.0388 e. The van der Waals surface area contributed by atoms with Crippen molar-refractivity contribution < 1.29 is 0 Å². The maximum absolute atomic E-state index is 4.18. The fraction of sp³-hybridized carbons (Fsp3) is 0.364. The monoisotopic (exact) mass is 161 g/mol. The van der Waals surface area contributed by atoms with Crippen molar-refractivity contribution in [2.24, 2.45) is 4.99 Å². The molecule has 1 nitrogen and oxygen atoms in total. The third-order valence-corrected chi connectivity index (χ3v) is 2.33. The van der Waals surface area contributed by atoms with Gasteiger partial charge in [0.05, 0.1) is 0 Å². The molecule has 1 rings (SSSR count). The van der Waals surface area contributed by atoms with Gasteiger partial charge in [0.1, 0.15) is 0 Å². The van der Waals surface area contributed by atoms with Crippen LogP contribution in [0.3, 0.4) is 0 Å². The third kappa shape index (κ3) is 1.55. The predicted molar refractivity (Wildman–Crippen MR) is 54.1 cm³/mol. The van der Waals surface area contributed by atoms with E-state index in [0.717, 1.165) is 5.71 Å². The molecule has 0 aliphatic carbocycles. The summed E-state index contributed by atoms with van der Waals surface area (Å²) in [6.07, 6.45) is 0. The molecule has 0 atom stereocenters. The predicted octanol–water partition coefficient (Wildman–Crippen LogP) is 2.74. The van der Waals surface area contributed by atoms with Crippen LogP contribution in [0.1, 0.15) is 23.6 Å². The van der Waals surface area contributed by atoms with Gasteiger partial charge in [-0.25, -0.2) is 0 Å². The molecular formula is C11H15N. The minimum atomic E-state index is 1.11. The summed E-state index contributed by atoms with van der Waals surface area (Å²) in [6, 6.07) is 6.32. The fourth-order valence-electron chi connectivity index (χ4n) is 1.26. The molecule has 0 saturated heterocycles. The Bertz CT molecular complexity index is 311. The first-order chi connectivity index (χ1) is 5.66. The van der Waals surface area contributed by atoms with Crippen LogP contribution in [0.4, 0.5) is 0 Å². The fourth-order valence-corrected chi connectivity index (χ4v) is 1.26. The van der Waals surface area contributed by atoms with Crippen molar-refractivity contribution in [1.82, 2.24) is 0 Å². The van der Waals surface area contributed by atoms with E-state index in [1.807, 2.05) is 14.0 Å². The summed E-state index contributed by atoms with van der Waals surface area (Å²) in [7, 11) is 1.83. The highest BCUT2D eigenvalue weighted by molar-refractivity contribution is 6.00. The van der Waals surface area contributed by atoms with Crippen LogP contribution in [-0.2, 0) is 0 Å². The summed E-state index contributed by atoms with van der Waals surface area (Å²) >= 11 is 0. The summed E-state index contributed by atoms with van der Waals surface area (Å²) in [5, 5.41) is 0. The zero-order valence-corrected chi connectivity index (χ0v) is 8.18. The van der Waals surface area contributed by atoms with Crippen LogP contribution >= 0.6 is 0 Å². The Morgan fingerprint density at radius 3 is 2.50 bits per heavy atom. The van der Waals surface area contributed by atoms with Crippen molar-refractivity contribution in [1.29, 1.82) is 0 Å². The number of hydrogen-bond acceptors (Lipinski definition) is 1. The van der Waals surface area contributed by atoms with Gasteiger partial charge in [-0.15, -0.1) is 0 Å². The molecule has 0 bridgehead atoms. The van der Waals surface area contributed by atoms with Crippen molar-refractivity contribution >= 4 is 5.71 Å². The van der Waals surface area contributed by atoms with E-state index < -0.39 is 0 Å². The summed E-state index contributed by atoms with van der Waals surface area (Å²) in [5.74, 6) is 0. The molecule has 0 unspecified atom stereocenters. The Kier molecular flexibility index (Phi) is 2.64. The van der Waals surface area contributed by atoms with Crippen LogP contribution < -0.4 is 0 Å². The van der Waals surface area contributed by atoms with Crippen LogP contribution in [-0.4, -0.2) is 12.8 Å². The largest absolute Gasteiger partial charge is 0.293 e. The van der Waals surface area contributed by atoms with Gasteiger partial charge < -0.3 is 0 Å². The summed E-state index contributed by atoms with van der Waals surface area (Å²) in [4.78, 5) is 4.18. The van der Waals surface area contributed by atoms with Gasteiger partial charge in [-0.2, -0.15) is 0 Å². The zero-order chi connectivity index (χ0) is 9.14. The molecule has 0 fully saturated rings. The second-order valence-corrected chi connectivity index (χ2v) is 3.06. The van der Waals surface area contributed by atoms with Crippen molar-refractivity contribution in [2.75, 3.05) is 7.05 Å². The number of hydrogen-bond donors (Lipinski definition) is 0. The van der Waals surface area contributed by atoms with E-state index in [4.69, 9.17) is 0 Å². The van der Waals surface area contributed by atoms with Gasteiger partial charge in [-0.05, 0) is 37.5 Å². The van der Waals surface area contributed by atoms with E-state index in [1.54, 1.807) is 0 Å². The maximum Gasteiger partial charge on any atom is 0.0388 e. The molecule has 1 aromatic rings. The average molecular weight is 161 g/mol. The molecule has 0 aromatic heterocycles. The van der Waals surface area contributed by atoms with Crippen molar-refractivity contribution in [2.45, 2.75) is 20.8 Å². The third-order valence-electron chi connectivity index (χ3n) is 2.33. The standard InChI is InChI=1S/C11H15N/c1-8-6-5-7-11(9(8)2)10(3)12-4/h5-7H,1-4H3. The van der Waals surface area contributed by atoms with E-state index >= 15 is 0 Å². The van der Waals surface area contributed by atoms with Crippen molar-refractivity contribution in [3.63, 3.8) is 0 Å². The van der Waals surface area contributed by atoms with Gasteiger partial charge in [0.15, 0.2) is 0 Å². The van der Waals surface area contributed by atoms with Crippen LogP contribution in [0.2, 0.25) is 0 Å². The van der Waals surface area contributed by atoms with Gasteiger partial charge in [0.2, 0.25) is 0 Å². The topological polar surface area (TPSA) is 12.4 Å². The summed E-state index contributed by atoms with van der Waals surface area (Å²) < 4.78 is 0. The summed E-state index contributed by atoms with van der Waals surface area (Å²) in [5.41, 5.74) is 5.03. The molecule has 0 radical (unpaired) electrons. The van der Waals surface area contributed by atoms with E-state index in [-0.39, 0.29) is 0 Å². The number of aliphatic imine (C=N–C) groups is 1. The molecule has 1 aromatic carbocycles. The number of nitrogens with zero attached hydrogens (tertiary/aromatic N) is 1.